The third kappa shape index (κ3) is 6.85. The Labute approximate surface area is 153 Å². The summed E-state index contributed by atoms with van der Waals surface area (Å²) in [6, 6.07) is 13.7. The van der Waals surface area contributed by atoms with Gasteiger partial charge in [-0.25, -0.2) is 9.38 Å². The smallest absolute Gasteiger partial charge is 0.189 e. The van der Waals surface area contributed by atoms with Crippen molar-refractivity contribution in [3.63, 3.8) is 0 Å². The molecule has 0 amide bonds. The first-order chi connectivity index (χ1) is 10.5. The maximum absolute atomic E-state index is 12.8. The zero-order chi connectivity index (χ0) is 15.9. The summed E-state index contributed by atoms with van der Waals surface area (Å²) in [5, 5.41) is 3.03. The third-order valence-corrected chi connectivity index (χ3v) is 2.84. The molecule has 0 saturated carbocycles. The number of hydrogen-bond acceptors (Lipinski definition) is 2. The van der Waals surface area contributed by atoms with E-state index < -0.39 is 0 Å². The molecule has 3 N–H and O–H groups in total. The van der Waals surface area contributed by atoms with Crippen LogP contribution in [0.15, 0.2) is 53.5 Å². The van der Waals surface area contributed by atoms with Crippen LogP contribution >= 0.6 is 24.0 Å². The van der Waals surface area contributed by atoms with E-state index in [0.29, 0.717) is 24.0 Å². The Bertz CT molecular complexity index is 627. The molecule has 0 radical (unpaired) electrons. The maximum atomic E-state index is 12.8. The van der Waals surface area contributed by atoms with E-state index in [1.807, 2.05) is 38.1 Å². The summed E-state index contributed by atoms with van der Waals surface area (Å²) < 4.78 is 18.5. The van der Waals surface area contributed by atoms with Crippen LogP contribution in [-0.4, -0.2) is 12.0 Å². The molecule has 23 heavy (non-hydrogen) atoms. The fourth-order valence-electron chi connectivity index (χ4n) is 1.82. The van der Waals surface area contributed by atoms with Gasteiger partial charge in [0, 0.05) is 6.04 Å². The van der Waals surface area contributed by atoms with E-state index >= 15 is 0 Å². The summed E-state index contributed by atoms with van der Waals surface area (Å²) in [6.07, 6.45) is 0. The lowest BCUT2D eigenvalue weighted by Crippen LogP contribution is -2.36. The fourth-order valence-corrected chi connectivity index (χ4v) is 1.82. The number of halogens is 2. The third-order valence-electron chi connectivity index (χ3n) is 2.84. The van der Waals surface area contributed by atoms with Gasteiger partial charge in [-0.15, -0.1) is 24.0 Å². The van der Waals surface area contributed by atoms with E-state index in [4.69, 9.17) is 10.5 Å². The van der Waals surface area contributed by atoms with Gasteiger partial charge in [-0.05, 0) is 55.8 Å². The van der Waals surface area contributed by atoms with E-state index in [2.05, 4.69) is 10.3 Å². The Balaban J connectivity index is 0.00000264. The monoisotopic (exact) mass is 429 g/mol. The number of aliphatic imine (C=N–C) groups is 1. The molecule has 0 saturated heterocycles. The average Bonchev–Trinajstić information content (AvgIpc) is 2.48. The van der Waals surface area contributed by atoms with Gasteiger partial charge in [0.15, 0.2) is 5.96 Å². The highest BCUT2D eigenvalue weighted by Crippen LogP contribution is 2.21. The predicted molar refractivity (Wildman–Crippen MR) is 102 cm³/mol. The average molecular weight is 429 g/mol. The van der Waals surface area contributed by atoms with Crippen molar-refractivity contribution in [2.24, 2.45) is 10.7 Å². The summed E-state index contributed by atoms with van der Waals surface area (Å²) in [5.41, 5.74) is 6.78. The second-order valence-electron chi connectivity index (χ2n) is 5.20. The van der Waals surface area contributed by atoms with Crippen molar-refractivity contribution in [2.75, 3.05) is 0 Å². The maximum Gasteiger partial charge on any atom is 0.189 e. The van der Waals surface area contributed by atoms with Crippen molar-refractivity contribution in [3.05, 3.63) is 59.9 Å². The molecule has 0 aromatic heterocycles. The summed E-state index contributed by atoms with van der Waals surface area (Å²) in [7, 11) is 0. The fraction of sp³-hybridized carbons (Fsp3) is 0.235. The summed E-state index contributed by atoms with van der Waals surface area (Å²) in [4.78, 5) is 4.26. The molecule has 0 aliphatic heterocycles. The van der Waals surface area contributed by atoms with Crippen LogP contribution in [0, 0.1) is 5.82 Å². The molecular formula is C17H21FIN3O. The first kappa shape index (κ1) is 19.2. The number of nitrogens with two attached hydrogens (primary N) is 1. The molecule has 0 atom stereocenters. The van der Waals surface area contributed by atoms with E-state index in [1.165, 1.54) is 12.1 Å². The van der Waals surface area contributed by atoms with Gasteiger partial charge in [-0.1, -0.05) is 12.1 Å². The predicted octanol–water partition coefficient (Wildman–Crippen LogP) is 4.05. The lowest BCUT2D eigenvalue weighted by atomic mass is 10.2. The van der Waals surface area contributed by atoms with Crippen LogP contribution in [0.1, 0.15) is 19.4 Å². The molecule has 2 aromatic carbocycles. The minimum atomic E-state index is -0.284. The van der Waals surface area contributed by atoms with Crippen molar-refractivity contribution >= 4 is 29.9 Å². The molecule has 0 aliphatic rings. The van der Waals surface area contributed by atoms with Crippen LogP contribution in [-0.2, 0) is 6.54 Å². The molecule has 0 heterocycles. The quantitative estimate of drug-likeness (QED) is 0.429. The van der Waals surface area contributed by atoms with Crippen molar-refractivity contribution < 1.29 is 9.13 Å². The van der Waals surface area contributed by atoms with Crippen LogP contribution in [0.5, 0.6) is 11.5 Å². The lowest BCUT2D eigenvalue weighted by molar-refractivity contribution is 0.480. The zero-order valence-electron chi connectivity index (χ0n) is 13.1. The summed E-state index contributed by atoms with van der Waals surface area (Å²) in [5.74, 6) is 1.43. The van der Waals surface area contributed by atoms with Crippen LogP contribution < -0.4 is 15.8 Å². The molecule has 124 valence electrons. The molecule has 0 bridgehead atoms. The Morgan fingerprint density at radius 1 is 1.09 bits per heavy atom. The SMILES string of the molecule is CC(C)NC(N)=NCc1ccc(Oc2ccc(F)cc2)cc1.I. The molecular weight excluding hydrogens is 408 g/mol. The molecule has 6 heteroatoms. The number of guanidine groups is 1. The molecule has 0 spiro atoms. The van der Waals surface area contributed by atoms with E-state index in [1.54, 1.807) is 12.1 Å². The van der Waals surface area contributed by atoms with E-state index in [9.17, 15) is 4.39 Å². The van der Waals surface area contributed by atoms with Crippen molar-refractivity contribution in [2.45, 2.75) is 26.4 Å². The van der Waals surface area contributed by atoms with Gasteiger partial charge in [0.05, 0.1) is 6.54 Å². The number of nitrogens with one attached hydrogen (secondary N) is 1. The Morgan fingerprint density at radius 2 is 1.61 bits per heavy atom. The topological polar surface area (TPSA) is 59.6 Å². The lowest BCUT2D eigenvalue weighted by Gasteiger charge is -2.09. The van der Waals surface area contributed by atoms with Crippen LogP contribution in [0.25, 0.3) is 0 Å². The highest BCUT2D eigenvalue weighted by Gasteiger charge is 1.99. The molecule has 0 unspecified atom stereocenters. The van der Waals surface area contributed by atoms with E-state index in [-0.39, 0.29) is 35.8 Å². The largest absolute Gasteiger partial charge is 0.457 e. The normalized spacial score (nSPS) is 11.0. The van der Waals surface area contributed by atoms with Gasteiger partial charge in [-0.3, -0.25) is 0 Å². The second-order valence-corrected chi connectivity index (χ2v) is 5.20. The summed E-state index contributed by atoms with van der Waals surface area (Å²) >= 11 is 0. The standard InChI is InChI=1S/C17H20FN3O.HI/c1-12(2)21-17(19)20-11-13-3-7-15(8-4-13)22-16-9-5-14(18)6-10-16;/h3-10,12H,11H2,1-2H3,(H3,19,20,21);1H. The van der Waals surface area contributed by atoms with Crippen molar-refractivity contribution in [1.29, 1.82) is 0 Å². The first-order valence-electron chi connectivity index (χ1n) is 7.12. The van der Waals surface area contributed by atoms with Crippen LogP contribution in [0.4, 0.5) is 4.39 Å². The van der Waals surface area contributed by atoms with Gasteiger partial charge in [0.25, 0.3) is 0 Å². The zero-order valence-corrected chi connectivity index (χ0v) is 15.5. The highest BCUT2D eigenvalue weighted by molar-refractivity contribution is 14.0. The van der Waals surface area contributed by atoms with Gasteiger partial charge in [-0.2, -0.15) is 0 Å². The second kappa shape index (κ2) is 9.34. The van der Waals surface area contributed by atoms with Gasteiger partial charge in [0.1, 0.15) is 17.3 Å². The minimum absolute atomic E-state index is 0. The van der Waals surface area contributed by atoms with Gasteiger partial charge >= 0.3 is 0 Å². The number of benzene rings is 2. The Kier molecular flexibility index (Phi) is 7.80. The number of ether oxygens (including phenoxy) is 1. The minimum Gasteiger partial charge on any atom is -0.457 e. The molecule has 4 nitrogen and oxygen atoms in total. The highest BCUT2D eigenvalue weighted by atomic mass is 127. The molecule has 2 aromatic rings. The van der Waals surface area contributed by atoms with Gasteiger partial charge in [0.2, 0.25) is 0 Å². The van der Waals surface area contributed by atoms with Crippen LogP contribution in [0.3, 0.4) is 0 Å². The summed E-state index contributed by atoms with van der Waals surface area (Å²) in [6.45, 7) is 4.51. The number of rotatable bonds is 5. The van der Waals surface area contributed by atoms with Crippen LogP contribution in [0.2, 0.25) is 0 Å². The molecule has 0 fully saturated rings. The van der Waals surface area contributed by atoms with Crippen molar-refractivity contribution in [3.8, 4) is 11.5 Å². The number of hydrogen-bond donors (Lipinski definition) is 2. The number of nitrogens with zero attached hydrogens (tertiary/aromatic N) is 1. The first-order valence-corrected chi connectivity index (χ1v) is 7.12. The van der Waals surface area contributed by atoms with E-state index in [0.717, 1.165) is 5.56 Å². The Hall–Kier alpha value is -1.83. The Morgan fingerprint density at radius 3 is 2.13 bits per heavy atom. The van der Waals surface area contributed by atoms with Crippen molar-refractivity contribution in [1.82, 2.24) is 5.32 Å². The molecule has 0 aliphatic carbocycles. The van der Waals surface area contributed by atoms with Gasteiger partial charge < -0.3 is 15.8 Å². The molecule has 2 rings (SSSR count).